The van der Waals surface area contributed by atoms with Crippen LogP contribution < -0.4 is 10.1 Å². The minimum absolute atomic E-state index is 0.127. The van der Waals surface area contributed by atoms with E-state index in [-0.39, 0.29) is 5.91 Å². The van der Waals surface area contributed by atoms with Gasteiger partial charge in [-0.2, -0.15) is 0 Å². The summed E-state index contributed by atoms with van der Waals surface area (Å²) >= 11 is 0. The van der Waals surface area contributed by atoms with Crippen molar-refractivity contribution in [2.45, 2.75) is 19.4 Å². The van der Waals surface area contributed by atoms with E-state index in [1.165, 1.54) is 0 Å². The van der Waals surface area contributed by atoms with Crippen LogP contribution in [0, 0.1) is 0 Å². The van der Waals surface area contributed by atoms with Crippen molar-refractivity contribution in [3.05, 3.63) is 53.9 Å². The van der Waals surface area contributed by atoms with E-state index in [1.807, 2.05) is 38.1 Å². The lowest BCUT2D eigenvalue weighted by atomic mass is 9.94. The van der Waals surface area contributed by atoms with Crippen molar-refractivity contribution in [3.8, 4) is 5.75 Å². The first-order chi connectivity index (χ1) is 9.03. The van der Waals surface area contributed by atoms with Gasteiger partial charge in [-0.15, -0.1) is 0 Å². The van der Waals surface area contributed by atoms with Crippen molar-refractivity contribution in [2.24, 2.45) is 0 Å². The van der Waals surface area contributed by atoms with Crippen LogP contribution in [0.3, 0.4) is 0 Å². The Morgan fingerprint density at radius 3 is 2.68 bits per heavy atom. The molecule has 0 saturated heterocycles. The van der Waals surface area contributed by atoms with Crippen LogP contribution in [0.4, 0.5) is 0 Å². The van der Waals surface area contributed by atoms with E-state index >= 15 is 0 Å². The van der Waals surface area contributed by atoms with Gasteiger partial charge in [0.25, 0.3) is 5.91 Å². The molecule has 4 nitrogen and oxygen atoms in total. The Hall–Kier alpha value is -2.23. The fourth-order valence-corrected chi connectivity index (χ4v) is 1.91. The van der Waals surface area contributed by atoms with E-state index in [9.17, 15) is 4.79 Å². The van der Waals surface area contributed by atoms with Crippen molar-refractivity contribution in [2.75, 3.05) is 7.11 Å². The molecule has 1 aromatic carbocycles. The summed E-state index contributed by atoms with van der Waals surface area (Å²) in [6.45, 7) is 3.92. The smallest absolute Gasteiger partial charge is 0.268 e. The second-order valence-electron chi connectivity index (χ2n) is 4.89. The highest BCUT2D eigenvalue weighted by molar-refractivity contribution is 5.92. The molecule has 0 fully saturated rings. The van der Waals surface area contributed by atoms with Crippen LogP contribution in [0.15, 0.2) is 42.6 Å². The van der Waals surface area contributed by atoms with E-state index in [0.717, 1.165) is 11.3 Å². The molecule has 1 heterocycles. The first-order valence-electron chi connectivity index (χ1n) is 6.13. The molecule has 0 aliphatic heterocycles. The topological polar surface area (TPSA) is 54.1 Å². The molecule has 0 unspecified atom stereocenters. The average Bonchev–Trinajstić information content (AvgIpc) is 2.92. The van der Waals surface area contributed by atoms with Gasteiger partial charge >= 0.3 is 0 Å². The van der Waals surface area contributed by atoms with Crippen molar-refractivity contribution in [1.82, 2.24) is 10.3 Å². The van der Waals surface area contributed by atoms with Gasteiger partial charge in [-0.25, -0.2) is 0 Å². The number of carbonyl (C=O) groups excluding carboxylic acids is 1. The highest BCUT2D eigenvalue weighted by Gasteiger charge is 2.24. The molecule has 2 N–H and O–H groups in total. The van der Waals surface area contributed by atoms with Crippen LogP contribution in [-0.4, -0.2) is 18.0 Å². The minimum Gasteiger partial charge on any atom is -0.497 e. The summed E-state index contributed by atoms with van der Waals surface area (Å²) in [6.07, 6.45) is 1.73. The van der Waals surface area contributed by atoms with Crippen LogP contribution in [-0.2, 0) is 5.54 Å². The van der Waals surface area contributed by atoms with Crippen LogP contribution in [0.25, 0.3) is 0 Å². The molecule has 0 aliphatic carbocycles. The molecular weight excluding hydrogens is 240 g/mol. The van der Waals surface area contributed by atoms with Gasteiger partial charge in [-0.05, 0) is 43.7 Å². The normalized spacial score (nSPS) is 11.1. The molecule has 1 amide bonds. The molecule has 0 saturated carbocycles. The fourth-order valence-electron chi connectivity index (χ4n) is 1.91. The summed E-state index contributed by atoms with van der Waals surface area (Å²) in [4.78, 5) is 15.0. The summed E-state index contributed by atoms with van der Waals surface area (Å²) < 4.78 is 5.21. The summed E-state index contributed by atoms with van der Waals surface area (Å²) in [6, 6.07) is 11.2. The Bertz CT molecular complexity index is 559. The molecular formula is C15H18N2O2. The lowest BCUT2D eigenvalue weighted by molar-refractivity contribution is 0.0907. The van der Waals surface area contributed by atoms with Gasteiger partial charge in [-0.3, -0.25) is 4.79 Å². The number of hydrogen-bond acceptors (Lipinski definition) is 2. The van der Waals surface area contributed by atoms with Gasteiger partial charge in [0.05, 0.1) is 12.6 Å². The first-order valence-corrected chi connectivity index (χ1v) is 6.13. The monoisotopic (exact) mass is 258 g/mol. The average molecular weight is 258 g/mol. The molecule has 100 valence electrons. The molecule has 4 heteroatoms. The summed E-state index contributed by atoms with van der Waals surface area (Å²) in [5, 5.41) is 3.00. The van der Waals surface area contributed by atoms with Gasteiger partial charge in [0.15, 0.2) is 0 Å². The van der Waals surface area contributed by atoms with Gasteiger partial charge in [0, 0.05) is 6.20 Å². The van der Waals surface area contributed by atoms with Gasteiger partial charge in [0.1, 0.15) is 11.4 Å². The third-order valence-electron chi connectivity index (χ3n) is 3.06. The van der Waals surface area contributed by atoms with Crippen molar-refractivity contribution < 1.29 is 9.53 Å². The van der Waals surface area contributed by atoms with Crippen LogP contribution in [0.1, 0.15) is 29.9 Å². The number of ether oxygens (including phenoxy) is 1. The highest BCUT2D eigenvalue weighted by Crippen LogP contribution is 2.24. The zero-order valence-corrected chi connectivity index (χ0v) is 11.4. The zero-order chi connectivity index (χ0) is 13.9. The Balaban J connectivity index is 2.19. The standard InChI is InChI=1S/C15H18N2O2/c1-15(2,11-6-4-7-12(10-11)19-3)17-14(18)13-8-5-9-16-13/h4-10,16H,1-3H3,(H,17,18). The van der Waals surface area contributed by atoms with E-state index < -0.39 is 5.54 Å². The maximum Gasteiger partial charge on any atom is 0.268 e. The number of aromatic amines is 1. The van der Waals surface area contributed by atoms with E-state index in [4.69, 9.17) is 4.74 Å². The number of aromatic nitrogens is 1. The number of hydrogen-bond donors (Lipinski definition) is 2. The van der Waals surface area contributed by atoms with Gasteiger partial charge < -0.3 is 15.0 Å². The Morgan fingerprint density at radius 2 is 2.05 bits per heavy atom. The third kappa shape index (κ3) is 2.96. The number of methoxy groups -OCH3 is 1. The molecule has 0 aliphatic rings. The molecule has 0 radical (unpaired) electrons. The predicted octanol–water partition coefficient (Wildman–Crippen LogP) is 2.69. The molecule has 0 bridgehead atoms. The second kappa shape index (κ2) is 5.18. The Morgan fingerprint density at radius 1 is 1.26 bits per heavy atom. The summed E-state index contributed by atoms with van der Waals surface area (Å²) in [7, 11) is 1.63. The molecule has 19 heavy (non-hydrogen) atoms. The predicted molar refractivity (Wildman–Crippen MR) is 74.3 cm³/mol. The van der Waals surface area contributed by atoms with Gasteiger partial charge in [0.2, 0.25) is 0 Å². The maximum atomic E-state index is 12.1. The maximum absolute atomic E-state index is 12.1. The van der Waals surface area contributed by atoms with Crippen LogP contribution in [0.5, 0.6) is 5.75 Å². The van der Waals surface area contributed by atoms with Crippen LogP contribution >= 0.6 is 0 Å². The number of amides is 1. The lowest BCUT2D eigenvalue weighted by Crippen LogP contribution is -2.41. The third-order valence-corrected chi connectivity index (χ3v) is 3.06. The molecule has 0 atom stereocenters. The van der Waals surface area contributed by atoms with Crippen molar-refractivity contribution >= 4 is 5.91 Å². The summed E-state index contributed by atoms with van der Waals surface area (Å²) in [5.74, 6) is 0.650. The highest BCUT2D eigenvalue weighted by atomic mass is 16.5. The fraction of sp³-hybridized carbons (Fsp3) is 0.267. The minimum atomic E-state index is -0.475. The first kappa shape index (κ1) is 13.2. The molecule has 1 aromatic heterocycles. The number of H-pyrrole nitrogens is 1. The largest absolute Gasteiger partial charge is 0.497 e. The quantitative estimate of drug-likeness (QED) is 0.886. The molecule has 0 spiro atoms. The molecule has 2 rings (SSSR count). The number of rotatable bonds is 4. The van der Waals surface area contributed by atoms with Crippen LogP contribution in [0.2, 0.25) is 0 Å². The molecule has 2 aromatic rings. The van der Waals surface area contributed by atoms with Crippen molar-refractivity contribution in [1.29, 1.82) is 0 Å². The Labute approximate surface area is 112 Å². The SMILES string of the molecule is COc1cccc(C(C)(C)NC(=O)c2ccc[nH]2)c1. The van der Waals surface area contributed by atoms with Gasteiger partial charge in [-0.1, -0.05) is 12.1 Å². The zero-order valence-electron chi connectivity index (χ0n) is 11.4. The van der Waals surface area contributed by atoms with E-state index in [1.54, 1.807) is 25.4 Å². The summed E-state index contributed by atoms with van der Waals surface area (Å²) in [5.41, 5.74) is 1.07. The Kier molecular flexibility index (Phi) is 3.60. The van der Waals surface area contributed by atoms with E-state index in [0.29, 0.717) is 5.69 Å². The number of nitrogens with one attached hydrogen (secondary N) is 2. The second-order valence-corrected chi connectivity index (χ2v) is 4.89. The number of carbonyl (C=O) groups is 1. The lowest BCUT2D eigenvalue weighted by Gasteiger charge is -2.27. The van der Waals surface area contributed by atoms with E-state index in [2.05, 4.69) is 10.3 Å². The number of benzene rings is 1. The van der Waals surface area contributed by atoms with Crippen molar-refractivity contribution in [3.63, 3.8) is 0 Å².